The molecule has 9 aromatic rings. The minimum Gasteiger partial charge on any atom is -0.508 e. The predicted molar refractivity (Wildman–Crippen MR) is 312 cm³/mol. The number of phenols is 9. The van der Waals surface area contributed by atoms with Crippen molar-refractivity contribution in [1.29, 1.82) is 0 Å². The van der Waals surface area contributed by atoms with Crippen molar-refractivity contribution in [2.45, 2.75) is 91.6 Å². The van der Waals surface area contributed by atoms with Crippen molar-refractivity contribution < 1.29 is 134 Å². The van der Waals surface area contributed by atoms with Crippen molar-refractivity contribution in [2.24, 2.45) is 0 Å². The number of fused-ring (bicyclic) bond motifs is 15. The maximum atomic E-state index is 12.8. The number of phenolic OH excluding ortho intramolecular Hbond substituents is 9. The summed E-state index contributed by atoms with van der Waals surface area (Å²) in [6.45, 7) is -1.69. The van der Waals surface area contributed by atoms with Crippen molar-refractivity contribution in [3.63, 3.8) is 0 Å². The second kappa shape index (κ2) is 23.3. The zero-order valence-corrected chi connectivity index (χ0v) is 47.4. The summed E-state index contributed by atoms with van der Waals surface area (Å²) in [5.74, 6) is -2.90. The van der Waals surface area contributed by atoms with Crippen molar-refractivity contribution >= 4 is 32.9 Å². The van der Waals surface area contributed by atoms with E-state index in [-0.39, 0.29) is 124 Å². The molecule has 15 rings (SSSR count). The molecule has 30 nitrogen and oxygen atoms in total. The van der Waals surface area contributed by atoms with E-state index in [1.807, 2.05) is 0 Å². The van der Waals surface area contributed by atoms with Crippen molar-refractivity contribution in [3.8, 4) is 103 Å². The third-order valence-corrected chi connectivity index (χ3v) is 16.9. The maximum Gasteiger partial charge on any atom is 0.197 e. The molecule has 0 aliphatic carbocycles. The molecule has 93 heavy (non-hydrogen) atoms. The Morgan fingerprint density at radius 3 is 0.914 bits per heavy atom. The first-order valence-electron chi connectivity index (χ1n) is 28.3. The second-order valence-corrected chi connectivity index (χ2v) is 22.6. The fourth-order valence-electron chi connectivity index (χ4n) is 12.4. The predicted octanol–water partition coefficient (Wildman–Crippen LogP) is 1.48. The summed E-state index contributed by atoms with van der Waals surface area (Å²) < 4.78 is 52.0. The van der Waals surface area contributed by atoms with Gasteiger partial charge >= 0.3 is 0 Å². The van der Waals surface area contributed by atoms with Gasteiger partial charge in [-0.1, -0.05) is 0 Å². The maximum absolute atomic E-state index is 12.8. The summed E-state index contributed by atoms with van der Waals surface area (Å²) in [6, 6.07) is 18.4. The average Bonchev–Trinajstić information content (AvgIpc) is 1.64. The van der Waals surface area contributed by atoms with Gasteiger partial charge in [-0.2, -0.15) is 0 Å². The summed E-state index contributed by atoms with van der Waals surface area (Å²) in [6.07, 6.45) is -17.8. The van der Waals surface area contributed by atoms with E-state index in [0.717, 1.165) is 24.3 Å². The van der Waals surface area contributed by atoms with E-state index in [9.17, 15) is 106 Å². The molecule has 0 radical (unpaired) electrons. The number of aliphatic hydroxyl groups excluding tert-OH is 9. The summed E-state index contributed by atoms with van der Waals surface area (Å²) in [4.78, 5) is 38.4. The highest BCUT2D eigenvalue weighted by molar-refractivity contribution is 5.93. The van der Waals surface area contributed by atoms with Crippen LogP contribution >= 0.6 is 0 Å². The minimum atomic E-state index is -1.40. The van der Waals surface area contributed by atoms with E-state index in [1.165, 1.54) is 66.7 Å². The van der Waals surface area contributed by atoms with Crippen LogP contribution in [0, 0.1) is 0 Å². The van der Waals surface area contributed by atoms with Crippen molar-refractivity contribution in [2.75, 3.05) is 19.8 Å². The molecule has 0 spiro atoms. The third-order valence-electron chi connectivity index (χ3n) is 16.9. The number of ether oxygens (including phenoxy) is 6. The van der Waals surface area contributed by atoms with Crippen LogP contribution in [0.2, 0.25) is 0 Å². The van der Waals surface area contributed by atoms with Gasteiger partial charge in [-0.3, -0.25) is 14.4 Å². The standard InChI is InChI=1S/3C21H18O10/c22-6-14-17(27)18(28)21-20(31-14)16-13(30-21)5-11(26)15-10(25)4-12(29-19(15)16)7-1-8(23)3-9(24)2-7;2*22-6-14-17(27)18(28)21-20(31-14)16-13(30-21)5-11(26)15-10(25)4-12(29-19(15)16)7-1-2-8(23)9(24)3-7/h3*1-5,14,17-18,20-24,26-28H,6H2/t3*14-,17-,18+,20+,21+/m111/s1. The molecule has 486 valence electrons. The zero-order chi connectivity index (χ0) is 66.1. The van der Waals surface area contributed by atoms with Crippen LogP contribution in [0.3, 0.4) is 0 Å². The van der Waals surface area contributed by atoms with Crippen LogP contribution in [0.1, 0.15) is 35.0 Å². The number of hydrogen-bond donors (Lipinski definition) is 18. The first kappa shape index (κ1) is 61.9. The molecule has 3 aromatic heterocycles. The fourth-order valence-corrected chi connectivity index (χ4v) is 12.4. The van der Waals surface area contributed by atoms with Crippen LogP contribution in [0.5, 0.6) is 69.0 Å². The molecule has 0 saturated carbocycles. The Kier molecular flexibility index (Phi) is 15.5. The van der Waals surface area contributed by atoms with Crippen LogP contribution in [-0.4, -0.2) is 185 Å². The summed E-state index contributed by atoms with van der Waals surface area (Å²) in [7, 11) is 0. The Morgan fingerprint density at radius 2 is 0.624 bits per heavy atom. The Labute approximate surface area is 517 Å². The average molecular weight is 1290 g/mol. The molecular formula is C63H54O30. The van der Waals surface area contributed by atoms with Crippen molar-refractivity contribution in [1.82, 2.24) is 0 Å². The SMILES string of the molecule is O=c1cc(-c2cc(O)cc(O)c2)oc2c3c(cc(O)c12)O[C@H]1[C@@H](O)[C@H](O)[C@@H](CO)O[C@@H]31.O=c1cc(-c2ccc(O)c(O)c2)oc2c3c(cc(O)c12)O[C@H]1[C@@H](O)[C@H](O)[C@@H](CO)O[C@@H]31.O=c1cc(-c2ccc(O)c(O)c2)oc2c3c(cc(O)c12)O[C@H]1[C@@H](O)[C@H](O)[C@@H](CO)O[C@@H]31. The first-order chi connectivity index (χ1) is 44.4. The highest BCUT2D eigenvalue weighted by Crippen LogP contribution is 2.54. The Bertz CT molecular complexity index is 4460. The van der Waals surface area contributed by atoms with Crippen LogP contribution in [0.25, 0.3) is 66.9 Å². The number of benzene rings is 6. The quantitative estimate of drug-likeness (QED) is 0.105. The van der Waals surface area contributed by atoms with E-state index in [0.29, 0.717) is 0 Å². The number of aliphatic hydroxyl groups is 9. The molecule has 6 aromatic carbocycles. The van der Waals surface area contributed by atoms with Crippen LogP contribution in [0.4, 0.5) is 0 Å². The molecule has 3 saturated heterocycles. The van der Waals surface area contributed by atoms with Gasteiger partial charge in [0.15, 0.2) is 74.3 Å². The number of aromatic hydroxyl groups is 9. The van der Waals surface area contributed by atoms with Gasteiger partial charge in [0.05, 0.1) is 36.5 Å². The van der Waals surface area contributed by atoms with E-state index in [2.05, 4.69) is 0 Å². The van der Waals surface area contributed by atoms with Crippen LogP contribution in [-0.2, 0) is 14.2 Å². The van der Waals surface area contributed by atoms with Gasteiger partial charge in [0, 0.05) is 59.2 Å². The van der Waals surface area contributed by atoms with Gasteiger partial charge < -0.3 is 134 Å². The lowest BCUT2D eigenvalue weighted by Gasteiger charge is -2.38. The van der Waals surface area contributed by atoms with Gasteiger partial charge in [-0.05, 0) is 48.5 Å². The Hall–Kier alpha value is -9.93. The van der Waals surface area contributed by atoms with Crippen molar-refractivity contribution in [3.05, 3.63) is 138 Å². The molecular weight excluding hydrogens is 1240 g/mol. The topological polar surface area (TPSA) is 510 Å². The fraction of sp³-hybridized carbons (Fsp3) is 0.286. The molecule has 30 heteroatoms. The van der Waals surface area contributed by atoms with Gasteiger partial charge in [0.2, 0.25) is 0 Å². The van der Waals surface area contributed by atoms with E-state index >= 15 is 0 Å². The van der Waals surface area contributed by atoms with E-state index in [4.69, 9.17) is 41.7 Å². The van der Waals surface area contributed by atoms with Crippen LogP contribution < -0.4 is 30.5 Å². The lowest BCUT2D eigenvalue weighted by atomic mass is 9.92. The summed E-state index contributed by atoms with van der Waals surface area (Å²) in [5.41, 5.74) is -0.464. The van der Waals surface area contributed by atoms with Gasteiger partial charge in [-0.25, -0.2) is 0 Å². The zero-order valence-electron chi connectivity index (χ0n) is 47.4. The summed E-state index contributed by atoms with van der Waals surface area (Å²) >= 11 is 0. The smallest absolute Gasteiger partial charge is 0.197 e. The first-order valence-corrected chi connectivity index (χ1v) is 28.3. The molecule has 0 amide bonds. The number of rotatable bonds is 6. The molecule has 6 aliphatic rings. The molecule has 0 bridgehead atoms. The molecule has 15 atom stereocenters. The summed E-state index contributed by atoms with van der Waals surface area (Å²) in [5, 5.41) is 179. The normalized spacial score (nSPS) is 27.0. The van der Waals surface area contributed by atoms with Crippen LogP contribution in [0.15, 0.2) is 119 Å². The molecule has 9 heterocycles. The highest BCUT2D eigenvalue weighted by atomic mass is 16.6. The Balaban J connectivity index is 0.000000127. The Morgan fingerprint density at radius 1 is 0.323 bits per heavy atom. The minimum absolute atomic E-state index is 0.00458. The lowest BCUT2D eigenvalue weighted by molar-refractivity contribution is -0.215. The molecule has 0 unspecified atom stereocenters. The highest BCUT2D eigenvalue weighted by Gasteiger charge is 2.55. The number of hydrogen-bond acceptors (Lipinski definition) is 30. The molecule has 3 fully saturated rings. The lowest BCUT2D eigenvalue weighted by Crippen LogP contribution is -2.55. The van der Waals surface area contributed by atoms with E-state index < -0.39 is 156 Å². The third kappa shape index (κ3) is 10.3. The molecule has 6 aliphatic heterocycles. The van der Waals surface area contributed by atoms with Gasteiger partial charge in [0.25, 0.3) is 0 Å². The van der Waals surface area contributed by atoms with Gasteiger partial charge in [0.1, 0.15) is 153 Å². The monoisotopic (exact) mass is 1290 g/mol. The second-order valence-electron chi connectivity index (χ2n) is 22.6. The van der Waals surface area contributed by atoms with Gasteiger partial charge in [-0.15, -0.1) is 0 Å². The van der Waals surface area contributed by atoms with E-state index in [1.54, 1.807) is 0 Å². The largest absolute Gasteiger partial charge is 0.508 e. The molecule has 18 N–H and O–H groups in total.